The molecule has 0 atom stereocenters. The van der Waals surface area contributed by atoms with Crippen LogP contribution in [0.1, 0.15) is 26.5 Å². The molecule has 10 heteroatoms. The smallest absolute Gasteiger partial charge is 0.281 e. The van der Waals surface area contributed by atoms with Crippen molar-refractivity contribution in [3.05, 3.63) is 41.0 Å². The van der Waals surface area contributed by atoms with Crippen molar-refractivity contribution in [1.82, 2.24) is 15.0 Å². The van der Waals surface area contributed by atoms with Gasteiger partial charge in [-0.05, 0) is 12.1 Å². The quantitative estimate of drug-likeness (QED) is 0.681. The van der Waals surface area contributed by atoms with Gasteiger partial charge in [-0.2, -0.15) is 8.42 Å². The molecule has 3 aromatic heterocycles. The van der Waals surface area contributed by atoms with Crippen molar-refractivity contribution < 1.29 is 8.42 Å². The van der Waals surface area contributed by atoms with Crippen LogP contribution in [0, 0.1) is 0 Å². The second-order valence-electron chi connectivity index (χ2n) is 6.24. The fraction of sp³-hybridized carbons (Fsp3) is 0.267. The summed E-state index contributed by atoms with van der Waals surface area (Å²) in [5.74, 6) is 0. The molecule has 3 heterocycles. The minimum absolute atomic E-state index is 0.0197. The average Bonchev–Trinajstić information content (AvgIpc) is 3.18. The first-order chi connectivity index (χ1) is 11.7. The van der Waals surface area contributed by atoms with E-state index in [4.69, 9.17) is 0 Å². The Labute approximate surface area is 154 Å². The Morgan fingerprint density at radius 2 is 1.88 bits per heavy atom. The van der Waals surface area contributed by atoms with Crippen molar-refractivity contribution in [2.75, 3.05) is 10.0 Å². The van der Waals surface area contributed by atoms with E-state index < -0.39 is 10.0 Å². The van der Waals surface area contributed by atoms with E-state index in [1.165, 1.54) is 41.1 Å². The molecule has 0 radical (unpaired) electrons. The van der Waals surface area contributed by atoms with Crippen LogP contribution in [0.15, 0.2) is 40.3 Å². The van der Waals surface area contributed by atoms with Crippen LogP contribution in [0.4, 0.5) is 16.0 Å². The highest BCUT2D eigenvalue weighted by atomic mass is 32.2. The lowest BCUT2D eigenvalue weighted by Crippen LogP contribution is -2.14. The summed E-state index contributed by atoms with van der Waals surface area (Å²) in [5, 5.41) is 7.82. The number of nitrogens with zero attached hydrogens (tertiary/aromatic N) is 3. The monoisotopic (exact) mass is 395 g/mol. The van der Waals surface area contributed by atoms with E-state index in [1.54, 1.807) is 11.4 Å². The summed E-state index contributed by atoms with van der Waals surface area (Å²) >= 11 is 2.70. The molecule has 2 N–H and O–H groups in total. The van der Waals surface area contributed by atoms with Gasteiger partial charge in [-0.3, -0.25) is 4.72 Å². The molecule has 0 aliphatic carbocycles. The number of nitrogens with one attached hydrogen (secondary N) is 2. The number of thiazole rings is 2. The highest BCUT2D eigenvalue weighted by Crippen LogP contribution is 2.28. The summed E-state index contributed by atoms with van der Waals surface area (Å²) in [6.45, 7) is 6.30. The molecule has 3 rings (SSSR count). The number of pyridine rings is 1. The second-order valence-corrected chi connectivity index (χ2v) is 9.62. The molecule has 7 nitrogen and oxygen atoms in total. The van der Waals surface area contributed by atoms with Crippen LogP contribution in [0.25, 0.3) is 0 Å². The third-order valence-electron chi connectivity index (χ3n) is 3.19. The average molecular weight is 396 g/mol. The van der Waals surface area contributed by atoms with Gasteiger partial charge in [0.15, 0.2) is 15.3 Å². The van der Waals surface area contributed by atoms with E-state index in [0.717, 1.165) is 10.8 Å². The van der Waals surface area contributed by atoms with Gasteiger partial charge >= 0.3 is 0 Å². The molecule has 0 aliphatic heterocycles. The molecule has 3 aromatic rings. The van der Waals surface area contributed by atoms with Gasteiger partial charge in [-0.15, -0.1) is 22.7 Å². The molecule has 0 bridgehead atoms. The Bertz CT molecular complexity index is 942. The Morgan fingerprint density at radius 3 is 2.44 bits per heavy atom. The second kappa shape index (κ2) is 6.70. The molecular weight excluding hydrogens is 378 g/mol. The Hall–Kier alpha value is -2.04. The zero-order valence-corrected chi connectivity index (χ0v) is 16.3. The first-order valence-corrected chi connectivity index (χ1v) is 10.6. The lowest BCUT2D eigenvalue weighted by molar-refractivity contribution is 0.573. The number of aromatic nitrogens is 3. The van der Waals surface area contributed by atoms with Crippen molar-refractivity contribution >= 4 is 48.6 Å². The summed E-state index contributed by atoms with van der Waals surface area (Å²) in [6.07, 6.45) is 3.00. The molecule has 0 amide bonds. The third kappa shape index (κ3) is 4.33. The van der Waals surface area contributed by atoms with E-state index in [1.807, 2.05) is 5.38 Å². The van der Waals surface area contributed by atoms with Crippen LogP contribution >= 0.6 is 22.7 Å². The summed E-state index contributed by atoms with van der Waals surface area (Å²) in [5.41, 5.74) is 1.65. The Kier molecular flexibility index (Phi) is 4.76. The normalized spacial score (nSPS) is 12.1. The van der Waals surface area contributed by atoms with Crippen molar-refractivity contribution in [2.45, 2.75) is 31.2 Å². The minimum atomic E-state index is -3.74. The van der Waals surface area contributed by atoms with Crippen LogP contribution < -0.4 is 10.0 Å². The van der Waals surface area contributed by atoms with Crippen LogP contribution in [0.5, 0.6) is 0 Å². The highest BCUT2D eigenvalue weighted by molar-refractivity contribution is 7.92. The zero-order chi connectivity index (χ0) is 18.1. The topological polar surface area (TPSA) is 96.9 Å². The summed E-state index contributed by atoms with van der Waals surface area (Å²) in [4.78, 5) is 12.5. The standard InChI is InChI=1S/C15H17N5O2S3/c1-15(2,3)11-9-24-14(19-11)18-10-4-5-12(17-8-10)25(21,22)20-13-16-6-7-23-13/h4-9H,1-3H3,(H,16,20)(H,18,19). The van der Waals surface area contributed by atoms with Crippen LogP contribution in [-0.4, -0.2) is 23.4 Å². The molecule has 0 aromatic carbocycles. The maximum absolute atomic E-state index is 12.2. The van der Waals surface area contributed by atoms with Crippen LogP contribution in [0.3, 0.4) is 0 Å². The van der Waals surface area contributed by atoms with Crippen molar-refractivity contribution in [1.29, 1.82) is 0 Å². The lowest BCUT2D eigenvalue weighted by atomic mass is 9.93. The van der Waals surface area contributed by atoms with Crippen molar-refractivity contribution in [3.63, 3.8) is 0 Å². The first kappa shape index (κ1) is 17.8. The van der Waals surface area contributed by atoms with Gasteiger partial charge in [0.2, 0.25) is 0 Å². The van der Waals surface area contributed by atoms with Gasteiger partial charge in [0.1, 0.15) is 0 Å². The van der Waals surface area contributed by atoms with Gasteiger partial charge in [0.05, 0.1) is 17.6 Å². The molecule has 0 aliphatic rings. The Balaban J connectivity index is 1.73. The van der Waals surface area contributed by atoms with Crippen molar-refractivity contribution in [3.8, 4) is 0 Å². The minimum Gasteiger partial charge on any atom is -0.330 e. The maximum atomic E-state index is 12.2. The third-order valence-corrected chi connectivity index (χ3v) is 6.02. The van der Waals surface area contributed by atoms with E-state index in [0.29, 0.717) is 10.8 Å². The predicted octanol–water partition coefficient (Wildman–Crippen LogP) is 3.84. The molecule has 0 spiro atoms. The molecular formula is C15H17N5O2S3. The molecule has 0 fully saturated rings. The Morgan fingerprint density at radius 1 is 1.08 bits per heavy atom. The molecule has 132 valence electrons. The van der Waals surface area contributed by atoms with E-state index in [9.17, 15) is 8.42 Å². The lowest BCUT2D eigenvalue weighted by Gasteiger charge is -2.14. The molecule has 0 unspecified atom stereocenters. The van der Waals surface area contributed by atoms with Gasteiger partial charge in [-0.1, -0.05) is 20.8 Å². The van der Waals surface area contributed by atoms with Gasteiger partial charge in [0, 0.05) is 22.4 Å². The number of anilines is 3. The number of rotatable bonds is 5. The van der Waals surface area contributed by atoms with E-state index >= 15 is 0 Å². The zero-order valence-electron chi connectivity index (χ0n) is 13.8. The molecule has 25 heavy (non-hydrogen) atoms. The van der Waals surface area contributed by atoms with E-state index in [-0.39, 0.29) is 10.4 Å². The van der Waals surface area contributed by atoms with Crippen molar-refractivity contribution in [2.24, 2.45) is 0 Å². The molecule has 0 saturated carbocycles. The first-order valence-electron chi connectivity index (χ1n) is 7.35. The highest BCUT2D eigenvalue weighted by Gasteiger charge is 2.19. The van der Waals surface area contributed by atoms with Crippen LogP contribution in [-0.2, 0) is 15.4 Å². The summed E-state index contributed by atoms with van der Waals surface area (Å²) < 4.78 is 26.9. The summed E-state index contributed by atoms with van der Waals surface area (Å²) in [6, 6.07) is 3.10. The number of hydrogen-bond acceptors (Lipinski definition) is 8. The SMILES string of the molecule is CC(C)(C)c1csc(Nc2ccc(S(=O)(=O)Nc3nccs3)nc2)n1. The summed E-state index contributed by atoms with van der Waals surface area (Å²) in [7, 11) is -3.74. The maximum Gasteiger partial charge on any atom is 0.281 e. The van der Waals surface area contributed by atoms with E-state index in [2.05, 4.69) is 45.8 Å². The van der Waals surface area contributed by atoms with Gasteiger partial charge < -0.3 is 5.32 Å². The van der Waals surface area contributed by atoms with Gasteiger partial charge in [0.25, 0.3) is 10.0 Å². The van der Waals surface area contributed by atoms with Gasteiger partial charge in [-0.25, -0.2) is 15.0 Å². The predicted molar refractivity (Wildman–Crippen MR) is 101 cm³/mol. The molecule has 0 saturated heterocycles. The largest absolute Gasteiger partial charge is 0.330 e. The number of sulfonamides is 1. The van der Waals surface area contributed by atoms with Crippen LogP contribution in [0.2, 0.25) is 0 Å². The fourth-order valence-corrected chi connectivity index (χ4v) is 4.53. The fourth-order valence-electron chi connectivity index (χ4n) is 1.85. The number of hydrogen-bond donors (Lipinski definition) is 2.